The van der Waals surface area contributed by atoms with Crippen LogP contribution in [0.5, 0.6) is 0 Å². The molecule has 1 aromatic heterocycles. The first kappa shape index (κ1) is 13.0. The maximum absolute atomic E-state index is 4.86. The van der Waals surface area contributed by atoms with Crippen molar-refractivity contribution in [2.24, 2.45) is 5.92 Å². The fourth-order valence-electron chi connectivity index (χ4n) is 3.90. The van der Waals surface area contributed by atoms with Crippen molar-refractivity contribution in [3.8, 4) is 0 Å². The second-order valence-electron chi connectivity index (χ2n) is 6.49. The van der Waals surface area contributed by atoms with Crippen LogP contribution in [0.15, 0.2) is 0 Å². The summed E-state index contributed by atoms with van der Waals surface area (Å²) in [6, 6.07) is 0.594. The lowest BCUT2D eigenvalue weighted by Gasteiger charge is -2.36. The fourth-order valence-corrected chi connectivity index (χ4v) is 5.16. The number of hydrogen-bond donors (Lipinski definition) is 2. The normalized spacial score (nSPS) is 37.4. The van der Waals surface area contributed by atoms with Crippen molar-refractivity contribution in [2.75, 3.05) is 30.3 Å². The Balaban J connectivity index is 1.58. The van der Waals surface area contributed by atoms with Crippen LogP contribution in [0.1, 0.15) is 38.4 Å². The second-order valence-corrected chi connectivity index (χ2v) is 8.09. The van der Waals surface area contributed by atoms with Crippen molar-refractivity contribution < 1.29 is 0 Å². The second kappa shape index (κ2) is 4.91. The highest BCUT2D eigenvalue weighted by atomic mass is 32.2. The maximum Gasteiger partial charge on any atom is 0.245 e. The molecule has 0 spiro atoms. The van der Waals surface area contributed by atoms with Crippen LogP contribution in [0, 0.1) is 5.92 Å². The summed E-state index contributed by atoms with van der Waals surface area (Å²) in [5.41, 5.74) is 0. The summed E-state index contributed by atoms with van der Waals surface area (Å²) in [7, 11) is 0. The molecule has 20 heavy (non-hydrogen) atoms. The van der Waals surface area contributed by atoms with Crippen molar-refractivity contribution in [3.05, 3.63) is 5.82 Å². The number of nitrogens with zero attached hydrogens (tertiary/aromatic N) is 3. The minimum atomic E-state index is 0.147. The average Bonchev–Trinajstić information content (AvgIpc) is 3.18. The lowest BCUT2D eigenvalue weighted by Crippen LogP contribution is -2.45. The fraction of sp³-hybridized carbons (Fsp3) is 0.857. The molecule has 0 radical (unpaired) electrons. The summed E-state index contributed by atoms with van der Waals surface area (Å²) in [5, 5.41) is 11.3. The minimum absolute atomic E-state index is 0.147. The largest absolute Gasteiger partial charge is 0.335 e. The molecule has 3 saturated heterocycles. The van der Waals surface area contributed by atoms with Crippen molar-refractivity contribution in [1.82, 2.24) is 20.5 Å². The number of aromatic amines is 1. The number of anilines is 1. The molecule has 3 unspecified atom stereocenters. The summed E-state index contributed by atoms with van der Waals surface area (Å²) >= 11 is 2.01. The molecule has 4 heterocycles. The zero-order valence-corrected chi connectivity index (χ0v) is 12.9. The van der Waals surface area contributed by atoms with Gasteiger partial charge in [0.15, 0.2) is 0 Å². The van der Waals surface area contributed by atoms with E-state index in [1.807, 2.05) is 11.8 Å². The third-order valence-corrected chi connectivity index (χ3v) is 6.66. The number of aromatic nitrogens is 3. The molecule has 110 valence electrons. The SMILES string of the molecule is CC1(c2nc(N3CCCC4CNCC43)n[nH]2)CCCS1. The monoisotopic (exact) mass is 293 g/mol. The van der Waals surface area contributed by atoms with Crippen molar-refractivity contribution >= 4 is 17.7 Å². The minimum Gasteiger partial charge on any atom is -0.335 e. The van der Waals surface area contributed by atoms with Gasteiger partial charge in [-0.25, -0.2) is 0 Å². The molecule has 6 heteroatoms. The molecule has 0 aromatic carbocycles. The first-order valence-corrected chi connectivity index (χ1v) is 8.79. The van der Waals surface area contributed by atoms with E-state index in [2.05, 4.69) is 27.3 Å². The topological polar surface area (TPSA) is 56.8 Å². The van der Waals surface area contributed by atoms with Crippen molar-refractivity contribution in [1.29, 1.82) is 0 Å². The molecule has 1 aromatic rings. The molecule has 5 nitrogen and oxygen atoms in total. The maximum atomic E-state index is 4.86. The highest BCUT2D eigenvalue weighted by Crippen LogP contribution is 2.45. The Hall–Kier alpha value is -0.750. The van der Waals surface area contributed by atoms with Gasteiger partial charge >= 0.3 is 0 Å². The Labute approximate surface area is 124 Å². The lowest BCUT2D eigenvalue weighted by molar-refractivity contribution is 0.381. The Kier molecular flexibility index (Phi) is 3.18. The van der Waals surface area contributed by atoms with E-state index in [4.69, 9.17) is 4.98 Å². The Morgan fingerprint density at radius 3 is 3.15 bits per heavy atom. The Morgan fingerprint density at radius 2 is 2.30 bits per heavy atom. The average molecular weight is 293 g/mol. The number of piperidine rings is 1. The van der Waals surface area contributed by atoms with E-state index in [1.165, 1.54) is 31.4 Å². The summed E-state index contributed by atoms with van der Waals surface area (Å²) < 4.78 is 0.147. The standard InChI is InChI=1S/C14H23N5S/c1-14(5-3-7-20-14)12-16-13(18-17-12)19-6-2-4-10-8-15-9-11(10)19/h10-11,15H,2-9H2,1H3,(H,16,17,18). The van der Waals surface area contributed by atoms with Gasteiger partial charge in [-0.05, 0) is 44.3 Å². The third-order valence-electron chi connectivity index (χ3n) is 5.13. The van der Waals surface area contributed by atoms with Gasteiger partial charge in [0.1, 0.15) is 5.82 Å². The van der Waals surface area contributed by atoms with Gasteiger partial charge in [0.05, 0.1) is 4.75 Å². The van der Waals surface area contributed by atoms with E-state index >= 15 is 0 Å². The van der Waals surface area contributed by atoms with E-state index in [0.717, 1.165) is 37.3 Å². The van der Waals surface area contributed by atoms with Gasteiger partial charge in [0.2, 0.25) is 5.95 Å². The van der Waals surface area contributed by atoms with Crippen LogP contribution in [0.3, 0.4) is 0 Å². The van der Waals surface area contributed by atoms with Crippen molar-refractivity contribution in [3.63, 3.8) is 0 Å². The van der Waals surface area contributed by atoms with Gasteiger partial charge in [-0.3, -0.25) is 5.10 Å². The van der Waals surface area contributed by atoms with E-state index < -0.39 is 0 Å². The number of H-pyrrole nitrogens is 1. The van der Waals surface area contributed by atoms with Gasteiger partial charge in [0.25, 0.3) is 0 Å². The number of rotatable bonds is 2. The van der Waals surface area contributed by atoms with Crippen molar-refractivity contribution in [2.45, 2.75) is 43.4 Å². The van der Waals surface area contributed by atoms with Gasteiger partial charge in [-0.15, -0.1) is 16.9 Å². The van der Waals surface area contributed by atoms with Crippen LogP contribution in [0.2, 0.25) is 0 Å². The summed E-state index contributed by atoms with van der Waals surface area (Å²) in [4.78, 5) is 7.29. The van der Waals surface area contributed by atoms with Gasteiger partial charge < -0.3 is 10.2 Å². The van der Waals surface area contributed by atoms with Gasteiger partial charge in [0, 0.05) is 25.7 Å². The van der Waals surface area contributed by atoms with E-state index in [9.17, 15) is 0 Å². The van der Waals surface area contributed by atoms with Gasteiger partial charge in [-0.2, -0.15) is 4.98 Å². The quantitative estimate of drug-likeness (QED) is 0.870. The van der Waals surface area contributed by atoms with Crippen LogP contribution in [-0.2, 0) is 4.75 Å². The van der Waals surface area contributed by atoms with E-state index in [0.29, 0.717) is 6.04 Å². The molecule has 0 amide bonds. The molecule has 3 atom stereocenters. The molecule has 0 aliphatic carbocycles. The highest BCUT2D eigenvalue weighted by Gasteiger charge is 2.39. The molecule has 3 aliphatic rings. The number of hydrogen-bond acceptors (Lipinski definition) is 5. The number of nitrogens with one attached hydrogen (secondary N) is 2. The predicted molar refractivity (Wildman–Crippen MR) is 82.2 cm³/mol. The molecule has 4 rings (SSSR count). The molecule has 0 bridgehead atoms. The lowest BCUT2D eigenvalue weighted by atomic mass is 9.92. The Morgan fingerprint density at radius 1 is 1.35 bits per heavy atom. The number of thioether (sulfide) groups is 1. The molecular formula is C14H23N5S. The van der Waals surface area contributed by atoms with Crippen LogP contribution in [0.4, 0.5) is 5.95 Å². The van der Waals surface area contributed by atoms with Crippen LogP contribution in [0.25, 0.3) is 0 Å². The summed E-state index contributed by atoms with van der Waals surface area (Å²) in [5.74, 6) is 4.02. The van der Waals surface area contributed by atoms with Gasteiger partial charge in [-0.1, -0.05) is 0 Å². The Bertz CT molecular complexity index is 482. The van der Waals surface area contributed by atoms with E-state index in [-0.39, 0.29) is 4.75 Å². The zero-order chi connectivity index (χ0) is 13.6. The van der Waals surface area contributed by atoms with Crippen LogP contribution in [-0.4, -0.2) is 46.6 Å². The third kappa shape index (κ3) is 2.04. The highest BCUT2D eigenvalue weighted by molar-refractivity contribution is 8.00. The smallest absolute Gasteiger partial charge is 0.245 e. The van der Waals surface area contributed by atoms with Crippen LogP contribution >= 0.6 is 11.8 Å². The first-order valence-electron chi connectivity index (χ1n) is 7.80. The summed E-state index contributed by atoms with van der Waals surface area (Å²) in [6.45, 7) is 5.64. The molecule has 3 aliphatic heterocycles. The summed E-state index contributed by atoms with van der Waals surface area (Å²) in [6.07, 6.45) is 5.10. The zero-order valence-electron chi connectivity index (χ0n) is 12.1. The molecule has 3 fully saturated rings. The molecule has 0 saturated carbocycles. The first-order chi connectivity index (χ1) is 9.76. The molecular weight excluding hydrogens is 270 g/mol. The van der Waals surface area contributed by atoms with Crippen LogP contribution < -0.4 is 10.2 Å². The number of fused-ring (bicyclic) bond motifs is 1. The van der Waals surface area contributed by atoms with E-state index in [1.54, 1.807) is 0 Å². The predicted octanol–water partition coefficient (Wildman–Crippen LogP) is 1.74. The molecule has 2 N–H and O–H groups in total.